The first-order chi connectivity index (χ1) is 8.75. The van der Waals surface area contributed by atoms with E-state index < -0.39 is 6.10 Å². The van der Waals surface area contributed by atoms with Crippen LogP contribution in [-0.4, -0.2) is 18.2 Å². The number of aliphatic hydroxyl groups excluding tert-OH is 1. The first-order valence-electron chi connectivity index (χ1n) is 7.18. The molecule has 1 heterocycles. The van der Waals surface area contributed by atoms with Gasteiger partial charge in [-0.2, -0.15) is 0 Å². The molecule has 3 atom stereocenters. The summed E-state index contributed by atoms with van der Waals surface area (Å²) in [5.74, 6) is 2.42. The van der Waals surface area contributed by atoms with Crippen LogP contribution in [-0.2, 0) is 0 Å². The predicted molar refractivity (Wildman–Crippen MR) is 72.3 cm³/mol. The Balaban J connectivity index is 1.58. The Kier molecular flexibility index (Phi) is 5.26. The van der Waals surface area contributed by atoms with Crippen LogP contribution in [0.4, 0.5) is 0 Å². The standard InChI is InChI=1S/C15H25NO2/c1-12-4-2-5-13(10-12)7-8-16-11-14(17)15-6-3-9-18-15/h3,6,9,12-14,16-17H,2,4-5,7-8,10-11H2,1H3. The van der Waals surface area contributed by atoms with Crippen molar-refractivity contribution in [3.05, 3.63) is 24.2 Å². The lowest BCUT2D eigenvalue weighted by Gasteiger charge is -2.26. The van der Waals surface area contributed by atoms with Gasteiger partial charge in [0.05, 0.1) is 6.26 Å². The number of nitrogens with one attached hydrogen (secondary N) is 1. The van der Waals surface area contributed by atoms with Crippen LogP contribution in [0.5, 0.6) is 0 Å². The molecule has 1 fully saturated rings. The Labute approximate surface area is 110 Å². The van der Waals surface area contributed by atoms with Gasteiger partial charge >= 0.3 is 0 Å². The minimum Gasteiger partial charge on any atom is -0.467 e. The Morgan fingerprint density at radius 3 is 3.11 bits per heavy atom. The molecule has 2 rings (SSSR count). The molecule has 0 aromatic carbocycles. The van der Waals surface area contributed by atoms with Crippen LogP contribution in [0.15, 0.2) is 22.8 Å². The summed E-state index contributed by atoms with van der Waals surface area (Å²) < 4.78 is 5.17. The van der Waals surface area contributed by atoms with E-state index in [1.165, 1.54) is 32.1 Å². The van der Waals surface area contributed by atoms with Crippen LogP contribution in [0.3, 0.4) is 0 Å². The maximum atomic E-state index is 9.83. The van der Waals surface area contributed by atoms with E-state index in [1.807, 2.05) is 12.1 Å². The van der Waals surface area contributed by atoms with Gasteiger partial charge in [0.15, 0.2) is 0 Å². The number of hydrogen-bond donors (Lipinski definition) is 2. The highest BCUT2D eigenvalue weighted by Crippen LogP contribution is 2.30. The van der Waals surface area contributed by atoms with E-state index in [2.05, 4.69) is 12.2 Å². The Hall–Kier alpha value is -0.800. The summed E-state index contributed by atoms with van der Waals surface area (Å²) in [6.07, 6.45) is 7.86. The average Bonchev–Trinajstić information content (AvgIpc) is 2.88. The Morgan fingerprint density at radius 2 is 2.39 bits per heavy atom. The monoisotopic (exact) mass is 251 g/mol. The molecule has 0 radical (unpaired) electrons. The third-order valence-electron chi connectivity index (χ3n) is 3.98. The topological polar surface area (TPSA) is 45.4 Å². The number of hydrogen-bond acceptors (Lipinski definition) is 3. The number of aliphatic hydroxyl groups is 1. The molecular weight excluding hydrogens is 226 g/mol. The fourth-order valence-corrected chi connectivity index (χ4v) is 2.95. The second-order valence-electron chi connectivity index (χ2n) is 5.66. The van der Waals surface area contributed by atoms with Crippen molar-refractivity contribution in [2.24, 2.45) is 11.8 Å². The summed E-state index contributed by atoms with van der Waals surface area (Å²) in [5.41, 5.74) is 0. The van der Waals surface area contributed by atoms with Crippen molar-refractivity contribution in [1.29, 1.82) is 0 Å². The van der Waals surface area contributed by atoms with Crippen LogP contribution in [0, 0.1) is 11.8 Å². The highest BCUT2D eigenvalue weighted by Gasteiger charge is 2.18. The molecule has 18 heavy (non-hydrogen) atoms. The molecule has 0 amide bonds. The lowest BCUT2D eigenvalue weighted by atomic mass is 9.81. The quantitative estimate of drug-likeness (QED) is 0.764. The van der Waals surface area contributed by atoms with Crippen molar-refractivity contribution in [3.63, 3.8) is 0 Å². The minimum absolute atomic E-state index is 0.523. The molecule has 1 aliphatic carbocycles. The van der Waals surface area contributed by atoms with Crippen LogP contribution in [0.25, 0.3) is 0 Å². The second-order valence-corrected chi connectivity index (χ2v) is 5.66. The Morgan fingerprint density at radius 1 is 1.50 bits per heavy atom. The first-order valence-corrected chi connectivity index (χ1v) is 7.18. The maximum Gasteiger partial charge on any atom is 0.133 e. The van der Waals surface area contributed by atoms with Gasteiger partial charge < -0.3 is 14.8 Å². The van der Waals surface area contributed by atoms with Gasteiger partial charge in [0, 0.05) is 6.54 Å². The van der Waals surface area contributed by atoms with Gasteiger partial charge in [-0.15, -0.1) is 0 Å². The summed E-state index contributed by atoms with van der Waals surface area (Å²) in [5, 5.41) is 13.2. The van der Waals surface area contributed by atoms with E-state index in [9.17, 15) is 5.11 Å². The molecule has 1 aliphatic rings. The highest BCUT2D eigenvalue weighted by atomic mass is 16.4. The van der Waals surface area contributed by atoms with Crippen LogP contribution < -0.4 is 5.32 Å². The maximum absolute atomic E-state index is 9.83. The zero-order valence-corrected chi connectivity index (χ0v) is 11.3. The van der Waals surface area contributed by atoms with E-state index in [4.69, 9.17) is 4.42 Å². The smallest absolute Gasteiger partial charge is 0.133 e. The molecule has 0 spiro atoms. The van der Waals surface area contributed by atoms with E-state index in [0.29, 0.717) is 12.3 Å². The largest absolute Gasteiger partial charge is 0.467 e. The molecule has 2 N–H and O–H groups in total. The number of rotatable bonds is 6. The van der Waals surface area contributed by atoms with E-state index in [-0.39, 0.29) is 0 Å². The summed E-state index contributed by atoms with van der Waals surface area (Å²) in [4.78, 5) is 0. The summed E-state index contributed by atoms with van der Waals surface area (Å²) in [6, 6.07) is 3.62. The van der Waals surface area contributed by atoms with Gasteiger partial charge in [0.1, 0.15) is 11.9 Å². The van der Waals surface area contributed by atoms with E-state index >= 15 is 0 Å². The zero-order valence-electron chi connectivity index (χ0n) is 11.3. The molecular formula is C15H25NO2. The average molecular weight is 251 g/mol. The molecule has 0 bridgehead atoms. The lowest BCUT2D eigenvalue weighted by Crippen LogP contribution is -2.25. The van der Waals surface area contributed by atoms with Crippen LogP contribution in [0.1, 0.15) is 50.9 Å². The van der Waals surface area contributed by atoms with Crippen LogP contribution in [0.2, 0.25) is 0 Å². The number of furan rings is 1. The summed E-state index contributed by atoms with van der Waals surface area (Å²) >= 11 is 0. The fraction of sp³-hybridized carbons (Fsp3) is 0.733. The van der Waals surface area contributed by atoms with Crippen molar-refractivity contribution in [2.75, 3.05) is 13.1 Å². The zero-order chi connectivity index (χ0) is 12.8. The molecule has 1 aromatic rings. The molecule has 1 saturated carbocycles. The van der Waals surface area contributed by atoms with Crippen molar-refractivity contribution in [2.45, 2.75) is 45.1 Å². The predicted octanol–water partition coefficient (Wildman–Crippen LogP) is 3.12. The molecule has 3 heteroatoms. The third kappa shape index (κ3) is 4.14. The van der Waals surface area contributed by atoms with Gasteiger partial charge in [0.2, 0.25) is 0 Å². The molecule has 0 aliphatic heterocycles. The van der Waals surface area contributed by atoms with Crippen molar-refractivity contribution in [1.82, 2.24) is 5.32 Å². The van der Waals surface area contributed by atoms with Gasteiger partial charge in [-0.05, 0) is 43.4 Å². The molecule has 1 aromatic heterocycles. The van der Waals surface area contributed by atoms with Crippen molar-refractivity contribution < 1.29 is 9.52 Å². The normalized spacial score (nSPS) is 26.1. The van der Waals surface area contributed by atoms with Crippen LogP contribution >= 0.6 is 0 Å². The molecule has 3 unspecified atom stereocenters. The van der Waals surface area contributed by atoms with Crippen molar-refractivity contribution >= 4 is 0 Å². The van der Waals surface area contributed by atoms with Gasteiger partial charge in [0.25, 0.3) is 0 Å². The molecule has 0 saturated heterocycles. The molecule has 102 valence electrons. The SMILES string of the molecule is CC1CCCC(CCNCC(O)c2ccco2)C1. The van der Waals surface area contributed by atoms with Crippen molar-refractivity contribution in [3.8, 4) is 0 Å². The lowest BCUT2D eigenvalue weighted by molar-refractivity contribution is 0.146. The minimum atomic E-state index is -0.523. The van der Waals surface area contributed by atoms with Gasteiger partial charge in [-0.25, -0.2) is 0 Å². The summed E-state index contributed by atoms with van der Waals surface area (Å²) in [6.45, 7) is 3.94. The van der Waals surface area contributed by atoms with E-state index in [1.54, 1.807) is 6.26 Å². The van der Waals surface area contributed by atoms with Gasteiger partial charge in [-0.3, -0.25) is 0 Å². The third-order valence-corrected chi connectivity index (χ3v) is 3.98. The van der Waals surface area contributed by atoms with E-state index in [0.717, 1.165) is 18.4 Å². The molecule has 3 nitrogen and oxygen atoms in total. The fourth-order valence-electron chi connectivity index (χ4n) is 2.95. The van der Waals surface area contributed by atoms with Gasteiger partial charge in [-0.1, -0.05) is 26.2 Å². The second kappa shape index (κ2) is 6.95. The first kappa shape index (κ1) is 13.6. The summed E-state index contributed by atoms with van der Waals surface area (Å²) in [7, 11) is 0. The Bertz CT molecular complexity index is 323. The highest BCUT2D eigenvalue weighted by molar-refractivity contribution is 5.02.